The van der Waals surface area contributed by atoms with Gasteiger partial charge in [-0.2, -0.15) is 0 Å². The fourth-order valence-electron chi connectivity index (χ4n) is 2.99. The molecule has 0 saturated carbocycles. The van der Waals surface area contributed by atoms with Crippen LogP contribution in [0.1, 0.15) is 52.9 Å². The van der Waals surface area contributed by atoms with Gasteiger partial charge in [-0.05, 0) is 53.0 Å². The summed E-state index contributed by atoms with van der Waals surface area (Å²) >= 11 is 0. The molecule has 0 radical (unpaired) electrons. The molecule has 1 spiro atoms. The highest BCUT2D eigenvalue weighted by Crippen LogP contribution is 2.29. The van der Waals surface area contributed by atoms with E-state index in [2.05, 4.69) is 5.32 Å². The van der Waals surface area contributed by atoms with Gasteiger partial charge >= 0.3 is 6.09 Å². The molecule has 0 aromatic heterocycles. The van der Waals surface area contributed by atoms with Gasteiger partial charge in [0.15, 0.2) is 0 Å². The van der Waals surface area contributed by atoms with Gasteiger partial charge in [-0.15, -0.1) is 0 Å². The summed E-state index contributed by atoms with van der Waals surface area (Å²) in [4.78, 5) is 14.0. The Bertz CT molecular complexity index is 298. The van der Waals surface area contributed by atoms with Crippen molar-refractivity contribution in [3.63, 3.8) is 0 Å². The average Bonchev–Trinajstić information content (AvgIpc) is 2.28. The molecule has 2 rings (SSSR count). The number of amides is 1. The Morgan fingerprint density at radius 2 is 1.94 bits per heavy atom. The van der Waals surface area contributed by atoms with Crippen LogP contribution in [0.5, 0.6) is 0 Å². The first-order valence-corrected chi connectivity index (χ1v) is 7.13. The molecule has 1 atom stereocenters. The summed E-state index contributed by atoms with van der Waals surface area (Å²) in [6.45, 7) is 8.48. The largest absolute Gasteiger partial charge is 0.444 e. The Morgan fingerprint density at radius 1 is 1.22 bits per heavy atom. The summed E-state index contributed by atoms with van der Waals surface area (Å²) < 4.78 is 5.47. The zero-order valence-corrected chi connectivity index (χ0v) is 11.9. The SMILES string of the molecule is CC(C)(C)OC(=O)N1CCCC2(CCCCN2)C1. The molecule has 2 fully saturated rings. The molecule has 104 valence electrons. The number of piperidine rings is 2. The molecule has 1 N–H and O–H groups in total. The van der Waals surface area contributed by atoms with Gasteiger partial charge in [0.2, 0.25) is 0 Å². The van der Waals surface area contributed by atoms with Crippen molar-refractivity contribution in [3.05, 3.63) is 0 Å². The molecule has 4 heteroatoms. The van der Waals surface area contributed by atoms with Crippen molar-refractivity contribution in [2.24, 2.45) is 0 Å². The Balaban J connectivity index is 1.95. The maximum Gasteiger partial charge on any atom is 0.410 e. The molecule has 1 amide bonds. The number of likely N-dealkylation sites (tertiary alicyclic amines) is 1. The minimum absolute atomic E-state index is 0.158. The van der Waals surface area contributed by atoms with Crippen LogP contribution in [0.15, 0.2) is 0 Å². The van der Waals surface area contributed by atoms with Crippen molar-refractivity contribution >= 4 is 6.09 Å². The molecule has 2 aliphatic heterocycles. The molecule has 0 aromatic carbocycles. The predicted molar refractivity (Wildman–Crippen MR) is 71.6 cm³/mol. The van der Waals surface area contributed by atoms with Crippen LogP contribution in [0.2, 0.25) is 0 Å². The Hall–Kier alpha value is -0.770. The number of rotatable bonds is 0. The third kappa shape index (κ3) is 3.37. The van der Waals surface area contributed by atoms with E-state index in [0.717, 1.165) is 26.1 Å². The minimum Gasteiger partial charge on any atom is -0.444 e. The fourth-order valence-corrected chi connectivity index (χ4v) is 2.99. The standard InChI is InChI=1S/C14H26N2O2/c1-13(2,3)18-12(17)16-10-6-8-14(11-16)7-4-5-9-15-14/h15H,4-11H2,1-3H3. The van der Waals surface area contributed by atoms with Crippen molar-refractivity contribution in [2.75, 3.05) is 19.6 Å². The first-order chi connectivity index (χ1) is 8.40. The highest BCUT2D eigenvalue weighted by atomic mass is 16.6. The van der Waals surface area contributed by atoms with E-state index in [9.17, 15) is 4.79 Å². The molecule has 0 bridgehead atoms. The molecule has 2 aliphatic rings. The van der Waals surface area contributed by atoms with Crippen molar-refractivity contribution in [3.8, 4) is 0 Å². The van der Waals surface area contributed by atoms with Crippen molar-refractivity contribution in [1.29, 1.82) is 0 Å². The highest BCUT2D eigenvalue weighted by Gasteiger charge is 2.38. The van der Waals surface area contributed by atoms with Gasteiger partial charge in [0, 0.05) is 18.6 Å². The van der Waals surface area contributed by atoms with Crippen LogP contribution in [-0.2, 0) is 4.74 Å². The van der Waals surface area contributed by atoms with Gasteiger partial charge < -0.3 is 15.0 Å². The van der Waals surface area contributed by atoms with Crippen molar-refractivity contribution in [2.45, 2.75) is 64.0 Å². The van der Waals surface area contributed by atoms with Crippen LogP contribution in [0.4, 0.5) is 4.79 Å². The quantitative estimate of drug-likeness (QED) is 0.722. The lowest BCUT2D eigenvalue weighted by atomic mass is 9.82. The summed E-state index contributed by atoms with van der Waals surface area (Å²) in [6.07, 6.45) is 5.82. The fraction of sp³-hybridized carbons (Fsp3) is 0.929. The second-order valence-electron chi connectivity index (χ2n) is 6.67. The summed E-state index contributed by atoms with van der Waals surface area (Å²) in [5, 5.41) is 3.63. The summed E-state index contributed by atoms with van der Waals surface area (Å²) in [6, 6.07) is 0. The topological polar surface area (TPSA) is 41.6 Å². The molecular weight excluding hydrogens is 228 g/mol. The number of hydrogen-bond donors (Lipinski definition) is 1. The normalized spacial score (nSPS) is 29.4. The van der Waals surface area contributed by atoms with Crippen LogP contribution in [0.25, 0.3) is 0 Å². The average molecular weight is 254 g/mol. The Labute approximate surface area is 110 Å². The number of nitrogens with one attached hydrogen (secondary N) is 1. The van der Waals surface area contributed by atoms with Gasteiger partial charge in [0.1, 0.15) is 5.60 Å². The van der Waals surface area contributed by atoms with Crippen LogP contribution in [0.3, 0.4) is 0 Å². The van der Waals surface area contributed by atoms with E-state index in [1.54, 1.807) is 0 Å². The van der Waals surface area contributed by atoms with Crippen LogP contribution in [0, 0.1) is 0 Å². The van der Waals surface area contributed by atoms with Gasteiger partial charge in [0.05, 0.1) is 0 Å². The highest BCUT2D eigenvalue weighted by molar-refractivity contribution is 5.68. The lowest BCUT2D eigenvalue weighted by Gasteiger charge is -2.45. The first kappa shape index (κ1) is 13.7. The maximum atomic E-state index is 12.1. The monoisotopic (exact) mass is 254 g/mol. The molecule has 2 heterocycles. The maximum absolute atomic E-state index is 12.1. The first-order valence-electron chi connectivity index (χ1n) is 7.13. The van der Waals surface area contributed by atoms with E-state index in [1.165, 1.54) is 25.7 Å². The van der Waals surface area contributed by atoms with Crippen LogP contribution in [-0.4, -0.2) is 41.8 Å². The molecule has 2 saturated heterocycles. The van der Waals surface area contributed by atoms with E-state index >= 15 is 0 Å². The Kier molecular flexibility index (Phi) is 3.85. The predicted octanol–water partition coefficient (Wildman–Crippen LogP) is 2.53. The zero-order chi connectivity index (χ0) is 13.2. The molecule has 0 aromatic rings. The van der Waals surface area contributed by atoms with E-state index in [0.29, 0.717) is 0 Å². The molecular formula is C14H26N2O2. The number of hydrogen-bond acceptors (Lipinski definition) is 3. The molecule has 18 heavy (non-hydrogen) atoms. The minimum atomic E-state index is -0.401. The number of carbonyl (C=O) groups excluding carboxylic acids is 1. The number of carbonyl (C=O) groups is 1. The van der Waals surface area contributed by atoms with E-state index in [-0.39, 0.29) is 11.6 Å². The van der Waals surface area contributed by atoms with E-state index in [4.69, 9.17) is 4.74 Å². The number of nitrogens with zero attached hydrogens (tertiary/aromatic N) is 1. The van der Waals surface area contributed by atoms with Gasteiger partial charge in [-0.25, -0.2) is 4.79 Å². The summed E-state index contributed by atoms with van der Waals surface area (Å²) in [5.74, 6) is 0. The molecule has 0 aliphatic carbocycles. The van der Waals surface area contributed by atoms with Crippen LogP contribution < -0.4 is 5.32 Å². The van der Waals surface area contributed by atoms with Crippen LogP contribution >= 0.6 is 0 Å². The second kappa shape index (κ2) is 5.08. The third-order valence-corrected chi connectivity index (χ3v) is 3.81. The number of ether oxygens (including phenoxy) is 1. The van der Waals surface area contributed by atoms with Gasteiger partial charge in [0.25, 0.3) is 0 Å². The van der Waals surface area contributed by atoms with Crippen molar-refractivity contribution in [1.82, 2.24) is 10.2 Å². The van der Waals surface area contributed by atoms with E-state index in [1.807, 2.05) is 25.7 Å². The third-order valence-electron chi connectivity index (χ3n) is 3.81. The second-order valence-corrected chi connectivity index (χ2v) is 6.67. The molecule has 4 nitrogen and oxygen atoms in total. The molecule has 1 unspecified atom stereocenters. The van der Waals surface area contributed by atoms with Crippen molar-refractivity contribution < 1.29 is 9.53 Å². The van der Waals surface area contributed by atoms with Gasteiger partial charge in [-0.1, -0.05) is 6.42 Å². The Morgan fingerprint density at radius 3 is 2.56 bits per heavy atom. The lowest BCUT2D eigenvalue weighted by molar-refractivity contribution is 0.00797. The van der Waals surface area contributed by atoms with Gasteiger partial charge in [-0.3, -0.25) is 0 Å². The smallest absolute Gasteiger partial charge is 0.410 e. The van der Waals surface area contributed by atoms with E-state index < -0.39 is 5.60 Å². The summed E-state index contributed by atoms with van der Waals surface area (Å²) in [5.41, 5.74) is -0.241. The summed E-state index contributed by atoms with van der Waals surface area (Å²) in [7, 11) is 0. The zero-order valence-electron chi connectivity index (χ0n) is 11.9. The lowest BCUT2D eigenvalue weighted by Crippen LogP contribution is -2.60.